The zero-order valence-corrected chi connectivity index (χ0v) is 12.5. The molecule has 0 aliphatic heterocycles. The van der Waals surface area contributed by atoms with Gasteiger partial charge < -0.3 is 21.3 Å². The van der Waals surface area contributed by atoms with Crippen molar-refractivity contribution in [3.63, 3.8) is 0 Å². The Morgan fingerprint density at radius 2 is 2.05 bits per heavy atom. The standard InChI is InChI=1S/C12H16N6O2S/c1-3-7(11(19)17-10-4-6(2)20-18-10)21-12-15-8(13)5-9(14)16-12/h4-5,7H,3H2,1-2H3,(H,17,18,19)(H4,13,14,15,16). The summed E-state index contributed by atoms with van der Waals surface area (Å²) >= 11 is 1.20. The number of carbonyl (C=O) groups is 1. The Bertz CT molecular complexity index is 624. The Hall–Kier alpha value is -2.29. The van der Waals surface area contributed by atoms with Crippen LogP contribution in [0.4, 0.5) is 17.5 Å². The Kier molecular flexibility index (Phi) is 4.63. The quantitative estimate of drug-likeness (QED) is 0.558. The molecule has 9 heteroatoms. The number of rotatable bonds is 5. The van der Waals surface area contributed by atoms with Crippen molar-refractivity contribution in [3.05, 3.63) is 17.9 Å². The highest BCUT2D eigenvalue weighted by Crippen LogP contribution is 2.25. The van der Waals surface area contributed by atoms with Gasteiger partial charge in [-0.3, -0.25) is 4.79 Å². The summed E-state index contributed by atoms with van der Waals surface area (Å²) in [5.41, 5.74) is 11.2. The molecule has 0 fully saturated rings. The van der Waals surface area contributed by atoms with Gasteiger partial charge in [0.15, 0.2) is 11.0 Å². The van der Waals surface area contributed by atoms with E-state index in [0.717, 1.165) is 0 Å². The van der Waals surface area contributed by atoms with Gasteiger partial charge in [-0.25, -0.2) is 9.97 Å². The van der Waals surface area contributed by atoms with Crippen LogP contribution < -0.4 is 16.8 Å². The zero-order valence-electron chi connectivity index (χ0n) is 11.7. The molecule has 2 aromatic rings. The van der Waals surface area contributed by atoms with E-state index >= 15 is 0 Å². The molecular weight excluding hydrogens is 292 g/mol. The highest BCUT2D eigenvalue weighted by Gasteiger charge is 2.21. The summed E-state index contributed by atoms with van der Waals surface area (Å²) in [5, 5.41) is 6.38. The first-order valence-electron chi connectivity index (χ1n) is 6.28. The van der Waals surface area contributed by atoms with Crippen molar-refractivity contribution in [1.82, 2.24) is 15.1 Å². The fourth-order valence-electron chi connectivity index (χ4n) is 1.60. The maximum atomic E-state index is 12.2. The largest absolute Gasteiger partial charge is 0.383 e. The summed E-state index contributed by atoms with van der Waals surface area (Å²) in [6.07, 6.45) is 0.589. The third kappa shape index (κ3) is 4.09. The number of thioether (sulfide) groups is 1. The number of amides is 1. The normalized spacial score (nSPS) is 12.1. The molecule has 0 saturated carbocycles. The SMILES string of the molecule is CCC(Sc1nc(N)cc(N)n1)C(=O)Nc1cc(C)on1. The molecule has 0 aromatic carbocycles. The molecule has 21 heavy (non-hydrogen) atoms. The van der Waals surface area contributed by atoms with Crippen molar-refractivity contribution in [3.8, 4) is 0 Å². The molecule has 0 radical (unpaired) electrons. The summed E-state index contributed by atoms with van der Waals surface area (Å²) in [7, 11) is 0. The second-order valence-corrected chi connectivity index (χ2v) is 5.50. The van der Waals surface area contributed by atoms with Gasteiger partial charge in [0, 0.05) is 12.1 Å². The first-order chi connectivity index (χ1) is 9.97. The van der Waals surface area contributed by atoms with Gasteiger partial charge in [0.1, 0.15) is 17.4 Å². The Balaban J connectivity index is 2.06. The first-order valence-corrected chi connectivity index (χ1v) is 7.16. The third-order valence-electron chi connectivity index (χ3n) is 2.54. The summed E-state index contributed by atoms with van der Waals surface area (Å²) in [6.45, 7) is 3.64. The maximum Gasteiger partial charge on any atom is 0.239 e. The predicted octanol–water partition coefficient (Wildman–Crippen LogP) is 1.45. The van der Waals surface area contributed by atoms with Crippen LogP contribution >= 0.6 is 11.8 Å². The summed E-state index contributed by atoms with van der Waals surface area (Å²) in [4.78, 5) is 20.3. The first kappa shape index (κ1) is 15.1. The van der Waals surface area contributed by atoms with Crippen molar-refractivity contribution in [2.45, 2.75) is 30.7 Å². The van der Waals surface area contributed by atoms with Crippen molar-refractivity contribution >= 4 is 35.1 Å². The van der Waals surface area contributed by atoms with Crippen LogP contribution in [0.3, 0.4) is 0 Å². The van der Waals surface area contributed by atoms with Gasteiger partial charge in [-0.1, -0.05) is 23.8 Å². The van der Waals surface area contributed by atoms with E-state index in [4.69, 9.17) is 16.0 Å². The second kappa shape index (κ2) is 6.44. The van der Waals surface area contributed by atoms with Gasteiger partial charge in [-0.15, -0.1) is 0 Å². The smallest absolute Gasteiger partial charge is 0.239 e. The molecule has 1 amide bonds. The van der Waals surface area contributed by atoms with Crippen LogP contribution in [0.15, 0.2) is 21.8 Å². The lowest BCUT2D eigenvalue weighted by Crippen LogP contribution is -2.25. The average molecular weight is 308 g/mol. The Labute approximate surface area is 125 Å². The van der Waals surface area contributed by atoms with E-state index in [2.05, 4.69) is 20.4 Å². The minimum absolute atomic E-state index is 0.208. The van der Waals surface area contributed by atoms with Crippen molar-refractivity contribution < 1.29 is 9.32 Å². The van der Waals surface area contributed by atoms with Crippen LogP contribution in [0.25, 0.3) is 0 Å². The fourth-order valence-corrected chi connectivity index (χ4v) is 2.50. The highest BCUT2D eigenvalue weighted by atomic mass is 32.2. The molecule has 1 atom stereocenters. The van der Waals surface area contributed by atoms with Gasteiger partial charge in [0.05, 0.1) is 5.25 Å². The lowest BCUT2D eigenvalue weighted by atomic mass is 10.3. The molecule has 1 unspecified atom stereocenters. The van der Waals surface area contributed by atoms with Crippen LogP contribution in [0, 0.1) is 6.92 Å². The van der Waals surface area contributed by atoms with Gasteiger partial charge in [0.2, 0.25) is 5.91 Å². The van der Waals surface area contributed by atoms with Gasteiger partial charge in [0.25, 0.3) is 0 Å². The molecule has 2 rings (SSSR count). The van der Waals surface area contributed by atoms with Gasteiger partial charge in [-0.05, 0) is 13.3 Å². The molecule has 8 nitrogen and oxygen atoms in total. The molecule has 0 aliphatic rings. The number of hydrogen-bond acceptors (Lipinski definition) is 8. The van der Waals surface area contributed by atoms with Crippen LogP contribution in [0.2, 0.25) is 0 Å². The Morgan fingerprint density at radius 3 is 2.57 bits per heavy atom. The van der Waals surface area contributed by atoms with Gasteiger partial charge >= 0.3 is 0 Å². The molecule has 0 saturated heterocycles. The topological polar surface area (TPSA) is 133 Å². The summed E-state index contributed by atoms with van der Waals surface area (Å²) in [6, 6.07) is 3.10. The van der Waals surface area contributed by atoms with Crippen LogP contribution in [-0.2, 0) is 4.79 Å². The molecule has 5 N–H and O–H groups in total. The van der Waals surface area contributed by atoms with E-state index in [9.17, 15) is 4.79 Å². The van der Waals surface area contributed by atoms with Crippen LogP contribution in [0.5, 0.6) is 0 Å². The number of hydrogen-bond donors (Lipinski definition) is 3. The number of aromatic nitrogens is 3. The van der Waals surface area contributed by atoms with Crippen LogP contribution in [0.1, 0.15) is 19.1 Å². The Morgan fingerprint density at radius 1 is 1.38 bits per heavy atom. The van der Waals surface area contributed by atoms with Gasteiger partial charge in [-0.2, -0.15) is 0 Å². The predicted molar refractivity (Wildman–Crippen MR) is 80.7 cm³/mol. The number of aryl methyl sites for hydroxylation is 1. The number of nitrogens with two attached hydrogens (primary N) is 2. The minimum Gasteiger partial charge on any atom is -0.383 e. The third-order valence-corrected chi connectivity index (χ3v) is 3.76. The number of nitrogens with one attached hydrogen (secondary N) is 1. The summed E-state index contributed by atoms with van der Waals surface area (Å²) in [5.74, 6) is 1.34. The van der Waals surface area contributed by atoms with E-state index in [0.29, 0.717) is 23.2 Å². The number of carbonyl (C=O) groups excluding carboxylic acids is 1. The van der Waals surface area contributed by atoms with Crippen LogP contribution in [-0.4, -0.2) is 26.3 Å². The van der Waals surface area contributed by atoms with E-state index < -0.39 is 0 Å². The molecule has 2 aromatic heterocycles. The van der Waals surface area contributed by atoms with E-state index in [1.165, 1.54) is 17.8 Å². The maximum absolute atomic E-state index is 12.2. The molecule has 0 spiro atoms. The monoisotopic (exact) mass is 308 g/mol. The number of nitrogen functional groups attached to an aromatic ring is 2. The second-order valence-electron chi connectivity index (χ2n) is 4.33. The molecule has 0 bridgehead atoms. The fraction of sp³-hybridized carbons (Fsp3) is 0.333. The lowest BCUT2D eigenvalue weighted by molar-refractivity contribution is -0.115. The molecule has 0 aliphatic carbocycles. The molecule has 2 heterocycles. The number of anilines is 3. The lowest BCUT2D eigenvalue weighted by Gasteiger charge is -2.12. The summed E-state index contributed by atoms with van der Waals surface area (Å²) < 4.78 is 4.90. The average Bonchev–Trinajstić information content (AvgIpc) is 2.80. The van der Waals surface area contributed by atoms with E-state index in [-0.39, 0.29) is 22.8 Å². The van der Waals surface area contributed by atoms with Crippen molar-refractivity contribution in [1.29, 1.82) is 0 Å². The van der Waals surface area contributed by atoms with Crippen molar-refractivity contribution in [2.24, 2.45) is 0 Å². The van der Waals surface area contributed by atoms with Crippen molar-refractivity contribution in [2.75, 3.05) is 16.8 Å². The highest BCUT2D eigenvalue weighted by molar-refractivity contribution is 8.00. The molecular formula is C12H16N6O2S. The van der Waals surface area contributed by atoms with E-state index in [1.807, 2.05) is 6.92 Å². The molecule has 112 valence electrons. The minimum atomic E-state index is -0.386. The number of nitrogens with zero attached hydrogens (tertiary/aromatic N) is 3. The van der Waals surface area contributed by atoms with E-state index in [1.54, 1.807) is 13.0 Å². The zero-order chi connectivity index (χ0) is 15.4.